The predicted molar refractivity (Wildman–Crippen MR) is 137 cm³/mol. The first-order valence-corrected chi connectivity index (χ1v) is 11.9. The number of benzene rings is 3. The van der Waals surface area contributed by atoms with Gasteiger partial charge in [0.25, 0.3) is 5.91 Å². The second-order valence-corrected chi connectivity index (χ2v) is 8.60. The fourth-order valence-corrected chi connectivity index (χ4v) is 4.03. The van der Waals surface area contributed by atoms with Gasteiger partial charge in [-0.1, -0.05) is 60.7 Å². The van der Waals surface area contributed by atoms with Gasteiger partial charge in [0.1, 0.15) is 6.61 Å². The number of Topliss-reactive ketones (excluding diaryl/α,β-unsaturated/α-hetero) is 1. The maximum absolute atomic E-state index is 12.9. The Kier molecular flexibility index (Phi) is 7.95. The van der Waals surface area contributed by atoms with Crippen LogP contribution >= 0.6 is 0 Å². The van der Waals surface area contributed by atoms with Crippen LogP contribution in [0.1, 0.15) is 53.8 Å². The van der Waals surface area contributed by atoms with Crippen LogP contribution in [0.2, 0.25) is 0 Å². The molecule has 0 spiro atoms. The third-order valence-electron chi connectivity index (χ3n) is 5.99. The number of aliphatic hydroxyl groups excluding tert-OH is 1. The molecule has 3 aromatic carbocycles. The molecule has 0 radical (unpaired) electrons. The van der Waals surface area contributed by atoms with Crippen molar-refractivity contribution in [3.8, 4) is 11.3 Å². The zero-order valence-electron chi connectivity index (χ0n) is 19.8. The number of nitrogens with zero attached hydrogens (tertiary/aromatic N) is 2. The summed E-state index contributed by atoms with van der Waals surface area (Å²) in [5.74, 6) is -0.320. The summed E-state index contributed by atoms with van der Waals surface area (Å²) in [6, 6.07) is 25.0. The van der Waals surface area contributed by atoms with Gasteiger partial charge in [0.05, 0.1) is 28.5 Å². The van der Waals surface area contributed by atoms with Crippen molar-refractivity contribution >= 4 is 22.7 Å². The highest BCUT2D eigenvalue weighted by atomic mass is 16.3. The molecule has 0 aliphatic carbocycles. The zero-order chi connectivity index (χ0) is 24.6. The molecule has 1 atom stereocenters. The van der Waals surface area contributed by atoms with Gasteiger partial charge in [0.2, 0.25) is 0 Å². The van der Waals surface area contributed by atoms with Crippen molar-refractivity contribution < 1.29 is 14.7 Å². The Hall–Kier alpha value is -3.90. The van der Waals surface area contributed by atoms with Gasteiger partial charge in [0.15, 0.2) is 5.78 Å². The fraction of sp³-hybridized carbons (Fsp3) is 0.241. The summed E-state index contributed by atoms with van der Waals surface area (Å²) in [4.78, 5) is 34.2. The first kappa shape index (κ1) is 24.2. The minimum atomic E-state index is -0.418. The summed E-state index contributed by atoms with van der Waals surface area (Å²) in [5.41, 5.74) is 5.55. The number of amides is 1. The van der Waals surface area contributed by atoms with E-state index in [2.05, 4.69) is 5.32 Å². The Morgan fingerprint density at radius 2 is 1.60 bits per heavy atom. The van der Waals surface area contributed by atoms with Gasteiger partial charge in [-0.3, -0.25) is 9.59 Å². The van der Waals surface area contributed by atoms with Crippen LogP contribution in [0.15, 0.2) is 78.9 Å². The Labute approximate surface area is 205 Å². The van der Waals surface area contributed by atoms with Gasteiger partial charge in [-0.15, -0.1) is 0 Å². The Bertz CT molecular complexity index is 1310. The molecule has 4 aromatic rings. The molecule has 6 nitrogen and oxygen atoms in total. The fourth-order valence-electron chi connectivity index (χ4n) is 4.03. The molecule has 2 N–H and O–H groups in total. The molecule has 0 aliphatic heterocycles. The number of nitrogens with one attached hydrogen (secondary N) is 1. The number of ketones is 1. The maximum Gasteiger partial charge on any atom is 0.251 e. The van der Waals surface area contributed by atoms with E-state index in [0.29, 0.717) is 30.3 Å². The molecule has 0 fully saturated rings. The van der Waals surface area contributed by atoms with Crippen molar-refractivity contribution in [3.63, 3.8) is 0 Å². The zero-order valence-corrected chi connectivity index (χ0v) is 19.8. The summed E-state index contributed by atoms with van der Waals surface area (Å²) in [5, 5.41) is 12.0. The van der Waals surface area contributed by atoms with E-state index in [1.54, 1.807) is 12.1 Å². The molecular formula is C29H29N3O3. The Morgan fingerprint density at radius 1 is 0.886 bits per heavy atom. The average molecular weight is 468 g/mol. The summed E-state index contributed by atoms with van der Waals surface area (Å²) in [6.45, 7) is 1.54. The van der Waals surface area contributed by atoms with Gasteiger partial charge in [-0.05, 0) is 49.9 Å². The van der Waals surface area contributed by atoms with Crippen LogP contribution in [0.3, 0.4) is 0 Å². The van der Waals surface area contributed by atoms with Gasteiger partial charge in [-0.25, -0.2) is 9.97 Å². The van der Waals surface area contributed by atoms with Crippen LogP contribution in [0.25, 0.3) is 22.3 Å². The topological polar surface area (TPSA) is 92.2 Å². The average Bonchev–Trinajstić information content (AvgIpc) is 2.91. The standard InChI is InChI=1S/C29H29N3O3/c1-20(21-10-4-2-5-11-21)30-29(35)23-16-17-25-27(18-23)31-26(15-9-8-14-24(34)19-33)28(32-25)22-12-6-3-7-13-22/h2-7,10-13,16-18,20,33H,8-9,14-15,19H2,1H3,(H,30,35)/t20-/m0/s1. The molecule has 4 rings (SSSR count). The minimum Gasteiger partial charge on any atom is -0.389 e. The number of aromatic nitrogens is 2. The van der Waals surface area contributed by atoms with E-state index in [-0.39, 0.29) is 17.7 Å². The van der Waals surface area contributed by atoms with E-state index in [0.717, 1.165) is 34.5 Å². The number of rotatable bonds is 10. The first-order chi connectivity index (χ1) is 17.0. The van der Waals surface area contributed by atoms with Crippen LogP contribution in [-0.2, 0) is 11.2 Å². The van der Waals surface area contributed by atoms with Crippen LogP contribution in [0.5, 0.6) is 0 Å². The van der Waals surface area contributed by atoms with E-state index < -0.39 is 6.61 Å². The van der Waals surface area contributed by atoms with E-state index in [9.17, 15) is 9.59 Å². The van der Waals surface area contributed by atoms with Crippen LogP contribution in [0, 0.1) is 0 Å². The van der Waals surface area contributed by atoms with Crippen molar-refractivity contribution in [2.45, 2.75) is 38.6 Å². The Morgan fingerprint density at radius 3 is 2.31 bits per heavy atom. The van der Waals surface area contributed by atoms with Crippen LogP contribution in [-0.4, -0.2) is 33.4 Å². The highest BCUT2D eigenvalue weighted by Gasteiger charge is 2.15. The SMILES string of the molecule is C[C@H](NC(=O)c1ccc2nc(-c3ccccc3)c(CCCCC(=O)CO)nc2c1)c1ccccc1. The number of unbranched alkanes of at least 4 members (excludes halogenated alkanes) is 1. The van der Waals surface area contributed by atoms with Crippen molar-refractivity contribution in [2.75, 3.05) is 6.61 Å². The van der Waals surface area contributed by atoms with E-state index in [1.807, 2.05) is 73.7 Å². The molecule has 1 heterocycles. The number of fused-ring (bicyclic) bond motifs is 1. The lowest BCUT2D eigenvalue weighted by molar-refractivity contribution is -0.121. The molecule has 1 aromatic heterocycles. The number of hydrogen-bond donors (Lipinski definition) is 2. The van der Waals surface area contributed by atoms with Crippen molar-refractivity contribution in [1.82, 2.24) is 15.3 Å². The molecule has 0 saturated carbocycles. The molecule has 1 amide bonds. The van der Waals surface area contributed by atoms with Gasteiger partial charge < -0.3 is 10.4 Å². The monoisotopic (exact) mass is 467 g/mol. The molecule has 0 saturated heterocycles. The molecule has 6 heteroatoms. The molecule has 0 bridgehead atoms. The predicted octanol–water partition coefficient (Wildman–Crippen LogP) is 5.06. The lowest BCUT2D eigenvalue weighted by atomic mass is 10.0. The Balaban J connectivity index is 1.60. The van der Waals surface area contributed by atoms with E-state index in [1.165, 1.54) is 0 Å². The third-order valence-corrected chi connectivity index (χ3v) is 5.99. The summed E-state index contributed by atoms with van der Waals surface area (Å²) in [7, 11) is 0. The quantitative estimate of drug-likeness (QED) is 0.318. The number of carbonyl (C=O) groups is 2. The van der Waals surface area contributed by atoms with Gasteiger partial charge in [-0.2, -0.15) is 0 Å². The van der Waals surface area contributed by atoms with Crippen molar-refractivity contribution in [2.24, 2.45) is 0 Å². The van der Waals surface area contributed by atoms with E-state index >= 15 is 0 Å². The summed E-state index contributed by atoms with van der Waals surface area (Å²) in [6.07, 6.45) is 2.42. The third kappa shape index (κ3) is 6.16. The van der Waals surface area contributed by atoms with Crippen LogP contribution < -0.4 is 5.32 Å². The molecule has 178 valence electrons. The maximum atomic E-state index is 12.9. The highest BCUT2D eigenvalue weighted by Crippen LogP contribution is 2.25. The van der Waals surface area contributed by atoms with Gasteiger partial charge in [0, 0.05) is 17.5 Å². The van der Waals surface area contributed by atoms with Crippen LogP contribution in [0.4, 0.5) is 0 Å². The summed E-state index contributed by atoms with van der Waals surface area (Å²) >= 11 is 0. The smallest absolute Gasteiger partial charge is 0.251 e. The lowest BCUT2D eigenvalue weighted by Crippen LogP contribution is -2.26. The lowest BCUT2D eigenvalue weighted by Gasteiger charge is -2.15. The molecule has 35 heavy (non-hydrogen) atoms. The van der Waals surface area contributed by atoms with Crippen molar-refractivity contribution in [1.29, 1.82) is 0 Å². The number of carbonyl (C=O) groups excluding carboxylic acids is 2. The summed E-state index contributed by atoms with van der Waals surface area (Å²) < 4.78 is 0. The minimum absolute atomic E-state index is 0.122. The van der Waals surface area contributed by atoms with E-state index in [4.69, 9.17) is 15.1 Å². The number of aliphatic hydroxyl groups is 1. The second-order valence-electron chi connectivity index (χ2n) is 8.60. The number of hydrogen-bond acceptors (Lipinski definition) is 5. The van der Waals surface area contributed by atoms with Gasteiger partial charge >= 0.3 is 0 Å². The normalized spacial score (nSPS) is 11.8. The highest BCUT2D eigenvalue weighted by molar-refractivity contribution is 5.97. The molecule has 0 unspecified atom stereocenters. The number of aryl methyl sites for hydroxylation is 1. The molecular weight excluding hydrogens is 438 g/mol. The van der Waals surface area contributed by atoms with Crippen molar-refractivity contribution in [3.05, 3.63) is 95.7 Å². The largest absolute Gasteiger partial charge is 0.389 e. The first-order valence-electron chi connectivity index (χ1n) is 11.9. The second kappa shape index (κ2) is 11.5. The molecule has 0 aliphatic rings.